The highest BCUT2D eigenvalue weighted by Crippen LogP contribution is 2.22. The molecule has 1 fully saturated rings. The molecule has 6 heteroatoms. The van der Waals surface area contributed by atoms with Gasteiger partial charge in [0.15, 0.2) is 0 Å². The number of halogens is 1. The van der Waals surface area contributed by atoms with Crippen LogP contribution in [0.15, 0.2) is 24.4 Å². The largest absolute Gasteiger partial charge is 0.396 e. The van der Waals surface area contributed by atoms with Gasteiger partial charge in [-0.15, -0.1) is 0 Å². The van der Waals surface area contributed by atoms with Gasteiger partial charge >= 0.3 is 6.03 Å². The highest BCUT2D eigenvalue weighted by molar-refractivity contribution is 6.31. The summed E-state index contributed by atoms with van der Waals surface area (Å²) in [6, 6.07) is 5.76. The predicted molar refractivity (Wildman–Crippen MR) is 91.8 cm³/mol. The van der Waals surface area contributed by atoms with Crippen molar-refractivity contribution in [2.75, 3.05) is 26.2 Å². The van der Waals surface area contributed by atoms with Gasteiger partial charge in [-0.2, -0.15) is 0 Å². The van der Waals surface area contributed by atoms with Crippen LogP contribution in [0, 0.1) is 5.92 Å². The Bertz CT molecular complexity index is 678. The van der Waals surface area contributed by atoms with Crippen molar-refractivity contribution in [1.82, 2.24) is 15.2 Å². The van der Waals surface area contributed by atoms with Crippen molar-refractivity contribution in [3.63, 3.8) is 0 Å². The fourth-order valence-electron chi connectivity index (χ4n) is 3.09. The molecule has 124 valence electrons. The second-order valence-electron chi connectivity index (χ2n) is 6.10. The lowest BCUT2D eigenvalue weighted by Crippen LogP contribution is -2.45. The Balaban J connectivity index is 1.51. The van der Waals surface area contributed by atoms with Crippen LogP contribution in [-0.4, -0.2) is 47.3 Å². The van der Waals surface area contributed by atoms with Crippen molar-refractivity contribution >= 4 is 28.5 Å². The Hall–Kier alpha value is -1.72. The van der Waals surface area contributed by atoms with E-state index in [2.05, 4.69) is 10.3 Å². The zero-order valence-electron chi connectivity index (χ0n) is 13.0. The van der Waals surface area contributed by atoms with Crippen LogP contribution in [0.1, 0.15) is 18.4 Å². The lowest BCUT2D eigenvalue weighted by Gasteiger charge is -2.31. The molecule has 0 atom stereocenters. The number of hydrogen-bond acceptors (Lipinski definition) is 2. The van der Waals surface area contributed by atoms with E-state index in [1.165, 1.54) is 0 Å². The molecule has 2 heterocycles. The highest BCUT2D eigenvalue weighted by Gasteiger charge is 2.21. The van der Waals surface area contributed by atoms with Gasteiger partial charge < -0.3 is 20.3 Å². The normalized spacial score (nSPS) is 16.0. The fourth-order valence-corrected chi connectivity index (χ4v) is 3.26. The summed E-state index contributed by atoms with van der Waals surface area (Å²) >= 11 is 6.05. The van der Waals surface area contributed by atoms with E-state index < -0.39 is 0 Å². The molecule has 0 bridgehead atoms. The Labute approximate surface area is 140 Å². The second kappa shape index (κ2) is 7.23. The van der Waals surface area contributed by atoms with Crippen molar-refractivity contribution in [1.29, 1.82) is 0 Å². The standard InChI is InChI=1S/C17H22ClN3O2/c18-14-1-2-16-15(9-14)13(10-20-16)3-6-19-17(23)21-7-4-12(11-22)5-8-21/h1-2,9-10,12,20,22H,3-8,11H2,(H,19,23). The van der Waals surface area contributed by atoms with Gasteiger partial charge in [-0.3, -0.25) is 0 Å². The van der Waals surface area contributed by atoms with Gasteiger partial charge in [-0.05, 0) is 48.9 Å². The fraction of sp³-hybridized carbons (Fsp3) is 0.471. The number of rotatable bonds is 4. The molecule has 1 saturated heterocycles. The highest BCUT2D eigenvalue weighted by atomic mass is 35.5. The van der Waals surface area contributed by atoms with E-state index in [-0.39, 0.29) is 12.6 Å². The molecule has 1 aromatic carbocycles. The first kappa shape index (κ1) is 16.1. The molecule has 1 aliphatic heterocycles. The Morgan fingerprint density at radius 3 is 2.91 bits per heavy atom. The summed E-state index contributed by atoms with van der Waals surface area (Å²) in [4.78, 5) is 17.2. The number of carbonyl (C=O) groups is 1. The molecule has 0 saturated carbocycles. The summed E-state index contributed by atoms with van der Waals surface area (Å²) < 4.78 is 0. The number of aromatic nitrogens is 1. The first-order chi connectivity index (χ1) is 11.2. The molecular weight excluding hydrogens is 314 g/mol. The Morgan fingerprint density at radius 2 is 2.17 bits per heavy atom. The van der Waals surface area contributed by atoms with Crippen molar-refractivity contribution < 1.29 is 9.90 Å². The molecule has 3 rings (SSSR count). The number of hydrogen-bond donors (Lipinski definition) is 3. The molecule has 2 aromatic rings. The molecule has 1 aromatic heterocycles. The average molecular weight is 336 g/mol. The molecule has 3 N–H and O–H groups in total. The van der Waals surface area contributed by atoms with E-state index in [9.17, 15) is 4.79 Å². The molecule has 0 aliphatic carbocycles. The zero-order chi connectivity index (χ0) is 16.2. The number of piperidine rings is 1. The van der Waals surface area contributed by atoms with E-state index in [0.29, 0.717) is 17.5 Å². The van der Waals surface area contributed by atoms with E-state index in [1.54, 1.807) is 0 Å². The van der Waals surface area contributed by atoms with Gasteiger partial charge in [0.05, 0.1) is 0 Å². The van der Waals surface area contributed by atoms with E-state index in [4.69, 9.17) is 16.7 Å². The number of nitrogens with one attached hydrogen (secondary N) is 2. The molecule has 0 unspecified atom stereocenters. The third-order valence-electron chi connectivity index (χ3n) is 4.56. The summed E-state index contributed by atoms with van der Waals surface area (Å²) in [6.45, 7) is 2.26. The van der Waals surface area contributed by atoms with Crippen molar-refractivity contribution in [3.8, 4) is 0 Å². The van der Waals surface area contributed by atoms with Crippen LogP contribution in [0.2, 0.25) is 5.02 Å². The third kappa shape index (κ3) is 3.79. The third-order valence-corrected chi connectivity index (χ3v) is 4.80. The second-order valence-corrected chi connectivity index (χ2v) is 6.54. The quantitative estimate of drug-likeness (QED) is 0.804. The maximum atomic E-state index is 12.2. The van der Waals surface area contributed by atoms with Crippen LogP contribution in [0.25, 0.3) is 10.9 Å². The maximum Gasteiger partial charge on any atom is 0.317 e. The number of fused-ring (bicyclic) bond motifs is 1. The van der Waals surface area contributed by atoms with Crippen LogP contribution < -0.4 is 5.32 Å². The first-order valence-electron chi connectivity index (χ1n) is 8.06. The molecule has 0 spiro atoms. The minimum absolute atomic E-state index is 0.0146. The minimum atomic E-state index is -0.0146. The molecule has 2 amide bonds. The van der Waals surface area contributed by atoms with Gasteiger partial charge in [0.2, 0.25) is 0 Å². The number of likely N-dealkylation sites (tertiary alicyclic amines) is 1. The Morgan fingerprint density at radius 1 is 1.39 bits per heavy atom. The van der Waals surface area contributed by atoms with E-state index >= 15 is 0 Å². The summed E-state index contributed by atoms with van der Waals surface area (Å²) in [5, 5.41) is 13.9. The smallest absolute Gasteiger partial charge is 0.317 e. The van der Waals surface area contributed by atoms with Crippen LogP contribution >= 0.6 is 11.6 Å². The van der Waals surface area contributed by atoms with Gasteiger partial charge in [0.1, 0.15) is 0 Å². The first-order valence-corrected chi connectivity index (χ1v) is 8.44. The number of aliphatic hydroxyl groups is 1. The molecular formula is C17H22ClN3O2. The average Bonchev–Trinajstić information content (AvgIpc) is 2.97. The molecule has 23 heavy (non-hydrogen) atoms. The number of urea groups is 1. The number of H-pyrrole nitrogens is 1. The number of benzene rings is 1. The Kier molecular flexibility index (Phi) is 5.08. The lowest BCUT2D eigenvalue weighted by molar-refractivity contribution is 0.137. The molecule has 5 nitrogen and oxygen atoms in total. The van der Waals surface area contributed by atoms with Crippen molar-refractivity contribution in [3.05, 3.63) is 35.0 Å². The monoisotopic (exact) mass is 335 g/mol. The van der Waals surface area contributed by atoms with Gasteiger partial charge in [0.25, 0.3) is 0 Å². The number of aromatic amines is 1. The summed E-state index contributed by atoms with van der Waals surface area (Å²) in [5.41, 5.74) is 2.21. The van der Waals surface area contributed by atoms with Gasteiger partial charge in [-0.25, -0.2) is 4.79 Å². The number of carbonyl (C=O) groups excluding carboxylic acids is 1. The molecule has 1 aliphatic rings. The van der Waals surface area contributed by atoms with Crippen molar-refractivity contribution in [2.24, 2.45) is 5.92 Å². The summed E-state index contributed by atoms with van der Waals surface area (Å²) in [5.74, 6) is 0.343. The maximum absolute atomic E-state index is 12.2. The SMILES string of the molecule is O=C(NCCc1c[nH]c2ccc(Cl)cc12)N1CCC(CO)CC1. The van der Waals surface area contributed by atoms with Crippen LogP contribution in [0.5, 0.6) is 0 Å². The van der Waals surface area contributed by atoms with E-state index in [1.807, 2.05) is 29.3 Å². The van der Waals surface area contributed by atoms with Gasteiger partial charge in [-0.1, -0.05) is 11.6 Å². The lowest BCUT2D eigenvalue weighted by atomic mass is 9.98. The predicted octanol–water partition coefficient (Wildman–Crippen LogP) is 2.78. The molecule has 0 radical (unpaired) electrons. The minimum Gasteiger partial charge on any atom is -0.396 e. The van der Waals surface area contributed by atoms with Crippen LogP contribution in [-0.2, 0) is 6.42 Å². The topological polar surface area (TPSA) is 68.4 Å². The summed E-state index contributed by atoms with van der Waals surface area (Å²) in [7, 11) is 0. The summed E-state index contributed by atoms with van der Waals surface area (Å²) in [6.07, 6.45) is 4.49. The van der Waals surface area contributed by atoms with Gasteiger partial charge in [0, 0.05) is 48.4 Å². The van der Waals surface area contributed by atoms with E-state index in [0.717, 1.165) is 48.8 Å². The van der Waals surface area contributed by atoms with Crippen molar-refractivity contribution in [2.45, 2.75) is 19.3 Å². The number of aliphatic hydroxyl groups excluding tert-OH is 1. The zero-order valence-corrected chi connectivity index (χ0v) is 13.8. The number of nitrogens with zero attached hydrogens (tertiary/aromatic N) is 1. The number of amides is 2. The van der Waals surface area contributed by atoms with Crippen LogP contribution in [0.3, 0.4) is 0 Å². The van der Waals surface area contributed by atoms with Crippen LogP contribution in [0.4, 0.5) is 4.79 Å².